The first-order valence-electron chi connectivity index (χ1n) is 5.24. The van der Waals surface area contributed by atoms with E-state index in [9.17, 15) is 0 Å². The van der Waals surface area contributed by atoms with E-state index in [0.29, 0.717) is 6.04 Å². The number of nitrogens with two attached hydrogens (primary N) is 1. The number of fused-ring (bicyclic) bond motifs is 2. The number of aromatic nitrogens is 2. The summed E-state index contributed by atoms with van der Waals surface area (Å²) >= 11 is 3.41. The molecule has 1 aromatic heterocycles. The summed E-state index contributed by atoms with van der Waals surface area (Å²) in [4.78, 5) is 0. The normalized spacial score (nSPS) is 35.4. The minimum atomic E-state index is 0.569. The molecule has 1 aromatic rings. The van der Waals surface area contributed by atoms with Gasteiger partial charge in [-0.1, -0.05) is 6.42 Å². The second-order valence-electron chi connectivity index (χ2n) is 4.56. The minimum Gasteiger partial charge on any atom is -0.383 e. The first-order valence-corrected chi connectivity index (χ1v) is 6.03. The summed E-state index contributed by atoms with van der Waals surface area (Å²) in [7, 11) is 0. The summed E-state index contributed by atoms with van der Waals surface area (Å²) in [6.07, 6.45) is 7.27. The van der Waals surface area contributed by atoms with Crippen LogP contribution in [0, 0.1) is 11.8 Å². The molecule has 3 atom stereocenters. The van der Waals surface area contributed by atoms with Crippen molar-refractivity contribution >= 4 is 21.7 Å². The highest BCUT2D eigenvalue weighted by atomic mass is 79.9. The van der Waals surface area contributed by atoms with Crippen molar-refractivity contribution in [2.45, 2.75) is 31.7 Å². The number of anilines is 1. The van der Waals surface area contributed by atoms with E-state index in [4.69, 9.17) is 5.73 Å². The Bertz CT molecular complexity index is 360. The molecule has 3 rings (SSSR count). The van der Waals surface area contributed by atoms with Crippen LogP contribution in [-0.4, -0.2) is 9.78 Å². The molecule has 0 aromatic carbocycles. The van der Waals surface area contributed by atoms with Crippen molar-refractivity contribution in [3.8, 4) is 0 Å². The van der Waals surface area contributed by atoms with Gasteiger partial charge in [0.25, 0.3) is 0 Å². The highest BCUT2D eigenvalue weighted by molar-refractivity contribution is 9.10. The van der Waals surface area contributed by atoms with E-state index >= 15 is 0 Å². The van der Waals surface area contributed by atoms with Crippen molar-refractivity contribution in [3.63, 3.8) is 0 Å². The lowest BCUT2D eigenvalue weighted by atomic mass is 9.95. The van der Waals surface area contributed by atoms with Crippen molar-refractivity contribution in [3.05, 3.63) is 10.7 Å². The molecule has 0 spiro atoms. The number of hydrogen-bond donors (Lipinski definition) is 1. The van der Waals surface area contributed by atoms with Gasteiger partial charge < -0.3 is 5.73 Å². The van der Waals surface area contributed by atoms with Gasteiger partial charge in [-0.2, -0.15) is 5.10 Å². The quantitative estimate of drug-likeness (QED) is 0.839. The van der Waals surface area contributed by atoms with Crippen LogP contribution in [0.2, 0.25) is 0 Å². The molecule has 0 amide bonds. The van der Waals surface area contributed by atoms with Crippen molar-refractivity contribution in [1.82, 2.24) is 9.78 Å². The lowest BCUT2D eigenvalue weighted by Gasteiger charge is -2.22. The van der Waals surface area contributed by atoms with Gasteiger partial charge in [-0.05, 0) is 47.0 Å². The van der Waals surface area contributed by atoms with Gasteiger partial charge in [0.15, 0.2) is 0 Å². The molecule has 3 nitrogen and oxygen atoms in total. The second kappa shape index (κ2) is 2.99. The molecule has 2 fully saturated rings. The first kappa shape index (κ1) is 8.77. The van der Waals surface area contributed by atoms with E-state index in [0.717, 1.165) is 22.1 Å². The van der Waals surface area contributed by atoms with Crippen LogP contribution < -0.4 is 5.73 Å². The number of hydrogen-bond acceptors (Lipinski definition) is 2. The number of nitrogens with zero attached hydrogens (tertiary/aromatic N) is 2. The van der Waals surface area contributed by atoms with Crippen molar-refractivity contribution in [1.29, 1.82) is 0 Å². The molecule has 14 heavy (non-hydrogen) atoms. The molecule has 0 saturated heterocycles. The van der Waals surface area contributed by atoms with Crippen LogP contribution in [0.4, 0.5) is 5.82 Å². The van der Waals surface area contributed by atoms with Crippen LogP contribution in [0.25, 0.3) is 0 Å². The summed E-state index contributed by atoms with van der Waals surface area (Å²) in [5, 5.41) is 4.36. The molecule has 2 aliphatic carbocycles. The smallest absolute Gasteiger partial charge is 0.136 e. The Hall–Kier alpha value is -0.510. The Kier molecular flexibility index (Phi) is 1.87. The molecule has 0 aliphatic heterocycles. The van der Waals surface area contributed by atoms with E-state index < -0.39 is 0 Å². The Balaban J connectivity index is 1.93. The third-order valence-corrected chi connectivity index (χ3v) is 4.41. The fourth-order valence-corrected chi connectivity index (χ4v) is 3.40. The molecular formula is C10H14BrN3. The van der Waals surface area contributed by atoms with E-state index in [1.54, 1.807) is 6.20 Å². The van der Waals surface area contributed by atoms with Crippen molar-refractivity contribution in [2.24, 2.45) is 11.8 Å². The van der Waals surface area contributed by atoms with E-state index in [-0.39, 0.29) is 0 Å². The van der Waals surface area contributed by atoms with Gasteiger partial charge in [0, 0.05) is 0 Å². The Morgan fingerprint density at radius 2 is 2.29 bits per heavy atom. The molecule has 4 heteroatoms. The first-order chi connectivity index (χ1) is 6.75. The van der Waals surface area contributed by atoms with E-state index in [1.807, 2.05) is 4.68 Å². The number of nitrogen functional groups attached to an aromatic ring is 1. The van der Waals surface area contributed by atoms with Gasteiger partial charge in [-0.25, -0.2) is 4.68 Å². The monoisotopic (exact) mass is 255 g/mol. The summed E-state index contributed by atoms with van der Waals surface area (Å²) in [6, 6.07) is 0.569. The molecule has 2 N–H and O–H groups in total. The Morgan fingerprint density at radius 1 is 1.43 bits per heavy atom. The lowest BCUT2D eigenvalue weighted by Crippen LogP contribution is -2.18. The number of halogens is 1. The predicted octanol–water partition coefficient (Wildman–Crippen LogP) is 2.59. The van der Waals surface area contributed by atoms with Gasteiger partial charge in [-0.3, -0.25) is 0 Å². The fourth-order valence-electron chi connectivity index (χ4n) is 3.13. The predicted molar refractivity (Wildman–Crippen MR) is 58.8 cm³/mol. The largest absolute Gasteiger partial charge is 0.383 e. The second-order valence-corrected chi connectivity index (χ2v) is 5.42. The Morgan fingerprint density at radius 3 is 2.79 bits per heavy atom. The maximum Gasteiger partial charge on any atom is 0.136 e. The highest BCUT2D eigenvalue weighted by Gasteiger charge is 2.41. The minimum absolute atomic E-state index is 0.569. The fraction of sp³-hybridized carbons (Fsp3) is 0.700. The topological polar surface area (TPSA) is 43.8 Å². The lowest BCUT2D eigenvalue weighted by molar-refractivity contribution is 0.310. The maximum atomic E-state index is 5.97. The van der Waals surface area contributed by atoms with Crippen LogP contribution in [0.3, 0.4) is 0 Å². The average molecular weight is 256 g/mol. The zero-order valence-electron chi connectivity index (χ0n) is 7.99. The Labute approximate surface area is 91.8 Å². The molecule has 2 aliphatic rings. The van der Waals surface area contributed by atoms with Gasteiger partial charge >= 0.3 is 0 Å². The van der Waals surface area contributed by atoms with Crippen LogP contribution in [-0.2, 0) is 0 Å². The SMILES string of the molecule is Nc1c(Br)cnn1C1CC2CCC1C2. The van der Waals surface area contributed by atoms with Gasteiger partial charge in [0.2, 0.25) is 0 Å². The molecule has 2 bridgehead atoms. The van der Waals surface area contributed by atoms with E-state index in [2.05, 4.69) is 21.0 Å². The molecular weight excluding hydrogens is 242 g/mol. The zero-order chi connectivity index (χ0) is 9.71. The van der Waals surface area contributed by atoms with Crippen LogP contribution >= 0.6 is 15.9 Å². The molecule has 1 heterocycles. The van der Waals surface area contributed by atoms with Crippen molar-refractivity contribution < 1.29 is 0 Å². The van der Waals surface area contributed by atoms with E-state index in [1.165, 1.54) is 25.7 Å². The highest BCUT2D eigenvalue weighted by Crippen LogP contribution is 2.51. The molecule has 2 saturated carbocycles. The third kappa shape index (κ3) is 1.13. The molecule has 0 radical (unpaired) electrons. The zero-order valence-corrected chi connectivity index (χ0v) is 9.57. The van der Waals surface area contributed by atoms with Crippen LogP contribution in [0.15, 0.2) is 10.7 Å². The third-order valence-electron chi connectivity index (χ3n) is 3.80. The molecule has 76 valence electrons. The van der Waals surface area contributed by atoms with Crippen molar-refractivity contribution in [2.75, 3.05) is 5.73 Å². The summed E-state index contributed by atoms with van der Waals surface area (Å²) in [5.74, 6) is 2.56. The summed E-state index contributed by atoms with van der Waals surface area (Å²) in [5.41, 5.74) is 5.97. The molecule has 3 unspecified atom stereocenters. The summed E-state index contributed by atoms with van der Waals surface area (Å²) in [6.45, 7) is 0. The summed E-state index contributed by atoms with van der Waals surface area (Å²) < 4.78 is 2.95. The van der Waals surface area contributed by atoms with Gasteiger partial charge in [0.1, 0.15) is 5.82 Å². The average Bonchev–Trinajstić information content (AvgIpc) is 2.84. The van der Waals surface area contributed by atoms with Crippen LogP contribution in [0.1, 0.15) is 31.7 Å². The standard InChI is InChI=1S/C10H14BrN3/c11-8-5-13-14(10(8)12)9-4-6-1-2-7(9)3-6/h5-7,9H,1-4,12H2. The number of rotatable bonds is 1. The maximum absolute atomic E-state index is 5.97. The van der Waals surface area contributed by atoms with Gasteiger partial charge in [0.05, 0.1) is 16.7 Å². The van der Waals surface area contributed by atoms with Crippen LogP contribution in [0.5, 0.6) is 0 Å². The van der Waals surface area contributed by atoms with Gasteiger partial charge in [-0.15, -0.1) is 0 Å².